The summed E-state index contributed by atoms with van der Waals surface area (Å²) >= 11 is 0. The lowest BCUT2D eigenvalue weighted by atomic mass is 9.95. The fourth-order valence-electron chi connectivity index (χ4n) is 2.25. The van der Waals surface area contributed by atoms with Gasteiger partial charge in [0.1, 0.15) is 11.9 Å². The van der Waals surface area contributed by atoms with E-state index in [2.05, 4.69) is 21.3 Å². The first-order chi connectivity index (χ1) is 8.70. The van der Waals surface area contributed by atoms with Gasteiger partial charge in [0.05, 0.1) is 5.56 Å². The first-order valence-electron chi connectivity index (χ1n) is 6.52. The van der Waals surface area contributed by atoms with Gasteiger partial charge in [0.15, 0.2) is 0 Å². The van der Waals surface area contributed by atoms with Crippen LogP contribution >= 0.6 is 0 Å². The van der Waals surface area contributed by atoms with E-state index >= 15 is 0 Å². The fourth-order valence-corrected chi connectivity index (χ4v) is 2.25. The molecule has 0 aromatic carbocycles. The van der Waals surface area contributed by atoms with Crippen LogP contribution < -0.4 is 5.32 Å². The lowest BCUT2D eigenvalue weighted by molar-refractivity contribution is 0.425. The Balaban J connectivity index is 2.15. The molecule has 18 heavy (non-hydrogen) atoms. The molecule has 1 aliphatic carbocycles. The summed E-state index contributed by atoms with van der Waals surface area (Å²) in [4.78, 5) is 6.74. The van der Waals surface area contributed by atoms with Crippen LogP contribution in [-0.2, 0) is 12.8 Å². The number of fused-ring (bicyclic) bond motifs is 1. The maximum atomic E-state index is 9.19. The standard InChI is InChI=1S/C14H20N4/c1-18(2)8-7-16-14-12(10-15)9-11-5-3-4-6-13(11)17-14/h9H,3-8H2,1-2H3,(H,16,17). The van der Waals surface area contributed by atoms with E-state index in [1.807, 2.05) is 20.2 Å². The number of aromatic nitrogens is 1. The molecule has 1 aromatic rings. The lowest BCUT2D eigenvalue weighted by Gasteiger charge is -2.18. The zero-order valence-electron chi connectivity index (χ0n) is 11.2. The normalized spacial score (nSPS) is 14.1. The largest absolute Gasteiger partial charge is 0.368 e. The van der Waals surface area contributed by atoms with Crippen LogP contribution in [0.15, 0.2) is 6.07 Å². The smallest absolute Gasteiger partial charge is 0.144 e. The molecule has 1 heterocycles. The molecule has 4 nitrogen and oxygen atoms in total. The molecule has 2 rings (SSSR count). The number of nitrogens with one attached hydrogen (secondary N) is 1. The molecule has 1 aromatic heterocycles. The second-order valence-corrected chi connectivity index (χ2v) is 5.04. The molecule has 96 valence electrons. The summed E-state index contributed by atoms with van der Waals surface area (Å²) in [6, 6.07) is 4.26. The maximum Gasteiger partial charge on any atom is 0.144 e. The van der Waals surface area contributed by atoms with Crippen LogP contribution in [0.4, 0.5) is 5.82 Å². The maximum absolute atomic E-state index is 9.19. The lowest BCUT2D eigenvalue weighted by Crippen LogP contribution is -2.22. The van der Waals surface area contributed by atoms with Gasteiger partial charge >= 0.3 is 0 Å². The van der Waals surface area contributed by atoms with Gasteiger partial charge in [-0.15, -0.1) is 0 Å². The monoisotopic (exact) mass is 244 g/mol. The van der Waals surface area contributed by atoms with E-state index in [0.717, 1.165) is 31.7 Å². The number of aryl methyl sites for hydroxylation is 2. The number of pyridine rings is 1. The summed E-state index contributed by atoms with van der Waals surface area (Å²) in [7, 11) is 4.07. The van der Waals surface area contributed by atoms with Crippen molar-refractivity contribution in [3.63, 3.8) is 0 Å². The average molecular weight is 244 g/mol. The van der Waals surface area contributed by atoms with Crippen molar-refractivity contribution in [2.24, 2.45) is 0 Å². The van der Waals surface area contributed by atoms with Crippen LogP contribution in [0.5, 0.6) is 0 Å². The van der Waals surface area contributed by atoms with Crippen LogP contribution in [-0.4, -0.2) is 37.1 Å². The second kappa shape index (κ2) is 5.83. The summed E-state index contributed by atoms with van der Waals surface area (Å²) in [5.41, 5.74) is 3.11. The Morgan fingerprint density at radius 1 is 1.39 bits per heavy atom. The minimum atomic E-state index is 0.675. The summed E-state index contributed by atoms with van der Waals surface area (Å²) in [5, 5.41) is 12.5. The number of hydrogen-bond acceptors (Lipinski definition) is 4. The Hall–Kier alpha value is -1.60. The van der Waals surface area contributed by atoms with Crippen LogP contribution in [0.2, 0.25) is 0 Å². The first-order valence-corrected chi connectivity index (χ1v) is 6.52. The van der Waals surface area contributed by atoms with Crippen molar-refractivity contribution < 1.29 is 0 Å². The number of nitriles is 1. The van der Waals surface area contributed by atoms with Crippen LogP contribution in [0.1, 0.15) is 29.7 Å². The van der Waals surface area contributed by atoms with Crippen molar-refractivity contribution in [2.45, 2.75) is 25.7 Å². The number of rotatable bonds is 4. The van der Waals surface area contributed by atoms with Crippen LogP contribution in [0.25, 0.3) is 0 Å². The van der Waals surface area contributed by atoms with E-state index in [1.165, 1.54) is 24.1 Å². The third-order valence-corrected chi connectivity index (χ3v) is 3.27. The van der Waals surface area contributed by atoms with E-state index in [-0.39, 0.29) is 0 Å². The quantitative estimate of drug-likeness (QED) is 0.877. The number of hydrogen-bond donors (Lipinski definition) is 1. The number of likely N-dealkylation sites (N-methyl/N-ethyl adjacent to an activating group) is 1. The van der Waals surface area contributed by atoms with Gasteiger partial charge in [-0.3, -0.25) is 0 Å². The molecule has 0 unspecified atom stereocenters. The minimum Gasteiger partial charge on any atom is -0.368 e. The molecule has 0 atom stereocenters. The molecular weight excluding hydrogens is 224 g/mol. The van der Waals surface area contributed by atoms with Gasteiger partial charge in [0.25, 0.3) is 0 Å². The van der Waals surface area contributed by atoms with E-state index in [9.17, 15) is 5.26 Å². The third kappa shape index (κ3) is 2.99. The zero-order chi connectivity index (χ0) is 13.0. The summed E-state index contributed by atoms with van der Waals surface area (Å²) < 4.78 is 0. The van der Waals surface area contributed by atoms with E-state index in [0.29, 0.717) is 5.56 Å². The van der Waals surface area contributed by atoms with Gasteiger partial charge < -0.3 is 10.2 Å². The zero-order valence-corrected chi connectivity index (χ0v) is 11.2. The Morgan fingerprint density at radius 2 is 2.17 bits per heavy atom. The second-order valence-electron chi connectivity index (χ2n) is 5.04. The highest BCUT2D eigenvalue weighted by molar-refractivity contribution is 5.54. The first kappa shape index (κ1) is 12.8. The van der Waals surface area contributed by atoms with Crippen LogP contribution in [0.3, 0.4) is 0 Å². The Kier molecular flexibility index (Phi) is 4.16. The van der Waals surface area contributed by atoms with E-state index in [1.54, 1.807) is 0 Å². The highest BCUT2D eigenvalue weighted by Gasteiger charge is 2.14. The molecule has 0 amide bonds. The Morgan fingerprint density at radius 3 is 2.89 bits per heavy atom. The van der Waals surface area contributed by atoms with Crippen LogP contribution in [0, 0.1) is 11.3 Å². The average Bonchev–Trinajstić information content (AvgIpc) is 2.37. The molecular formula is C14H20N4. The Bertz CT molecular complexity index is 460. The predicted octanol–water partition coefficient (Wildman–Crippen LogP) is 1.81. The SMILES string of the molecule is CN(C)CCNc1nc2c(cc1C#N)CCCC2. The molecule has 0 fully saturated rings. The van der Waals surface area contributed by atoms with Crippen molar-refractivity contribution >= 4 is 5.82 Å². The van der Waals surface area contributed by atoms with Gasteiger partial charge in [0.2, 0.25) is 0 Å². The summed E-state index contributed by atoms with van der Waals surface area (Å²) in [6.45, 7) is 1.75. The van der Waals surface area contributed by atoms with Crippen molar-refractivity contribution in [3.05, 3.63) is 22.9 Å². The highest BCUT2D eigenvalue weighted by atomic mass is 15.1. The summed E-state index contributed by atoms with van der Waals surface area (Å²) in [5.74, 6) is 0.750. The molecule has 0 saturated heterocycles. The van der Waals surface area contributed by atoms with Gasteiger partial charge in [-0.2, -0.15) is 5.26 Å². The predicted molar refractivity (Wildman–Crippen MR) is 72.6 cm³/mol. The van der Waals surface area contributed by atoms with Crippen molar-refractivity contribution in [1.82, 2.24) is 9.88 Å². The van der Waals surface area contributed by atoms with Gasteiger partial charge in [-0.25, -0.2) is 4.98 Å². The van der Waals surface area contributed by atoms with Gasteiger partial charge in [-0.1, -0.05) is 0 Å². The van der Waals surface area contributed by atoms with E-state index < -0.39 is 0 Å². The number of anilines is 1. The molecule has 1 aliphatic rings. The minimum absolute atomic E-state index is 0.675. The third-order valence-electron chi connectivity index (χ3n) is 3.27. The van der Waals surface area contributed by atoms with Crippen molar-refractivity contribution in [2.75, 3.05) is 32.5 Å². The molecule has 0 radical (unpaired) electrons. The molecule has 0 saturated carbocycles. The van der Waals surface area contributed by atoms with E-state index in [4.69, 9.17) is 0 Å². The molecule has 0 bridgehead atoms. The van der Waals surface area contributed by atoms with Gasteiger partial charge in [0, 0.05) is 18.8 Å². The number of nitrogens with zero attached hydrogens (tertiary/aromatic N) is 3. The molecule has 4 heteroatoms. The highest BCUT2D eigenvalue weighted by Crippen LogP contribution is 2.24. The Labute approximate surface area is 109 Å². The van der Waals surface area contributed by atoms with Gasteiger partial charge in [-0.05, 0) is 51.4 Å². The summed E-state index contributed by atoms with van der Waals surface area (Å²) in [6.07, 6.45) is 4.54. The molecule has 1 N–H and O–H groups in total. The van der Waals surface area contributed by atoms with Crippen molar-refractivity contribution in [1.29, 1.82) is 5.26 Å². The van der Waals surface area contributed by atoms with Crippen molar-refractivity contribution in [3.8, 4) is 6.07 Å². The molecule has 0 spiro atoms. The topological polar surface area (TPSA) is 52.0 Å². The fraction of sp³-hybridized carbons (Fsp3) is 0.571. The molecule has 0 aliphatic heterocycles.